The monoisotopic (exact) mass is 379 g/mol. The van der Waals surface area contributed by atoms with Crippen LogP contribution in [-0.4, -0.2) is 20.0 Å². The maximum Gasteiger partial charge on any atom is 0.187 e. The number of benzene rings is 2. The predicted octanol–water partition coefficient (Wildman–Crippen LogP) is 4.41. The summed E-state index contributed by atoms with van der Waals surface area (Å²) in [6.07, 6.45) is 2.88. The number of ether oxygens (including phenoxy) is 2. The molecule has 23 heavy (non-hydrogen) atoms. The van der Waals surface area contributed by atoms with Crippen molar-refractivity contribution < 1.29 is 18.7 Å². The number of ketones is 1. The van der Waals surface area contributed by atoms with Crippen molar-refractivity contribution in [3.8, 4) is 11.5 Å². The molecule has 0 bridgehead atoms. The van der Waals surface area contributed by atoms with Crippen LogP contribution in [0.2, 0.25) is 0 Å². The number of methoxy groups -OCH3 is 2. The lowest BCUT2D eigenvalue weighted by Crippen LogP contribution is -1.99. The van der Waals surface area contributed by atoms with Gasteiger partial charge < -0.3 is 14.8 Å². The van der Waals surface area contributed by atoms with Crippen LogP contribution in [0.4, 0.5) is 10.1 Å². The zero-order valence-corrected chi connectivity index (χ0v) is 14.2. The van der Waals surface area contributed by atoms with Crippen LogP contribution in [0.15, 0.2) is 53.1 Å². The molecule has 2 rings (SSSR count). The first kappa shape index (κ1) is 17.0. The molecule has 0 atom stereocenters. The second kappa shape index (κ2) is 7.78. The van der Waals surface area contributed by atoms with E-state index >= 15 is 0 Å². The molecule has 1 N–H and O–H groups in total. The summed E-state index contributed by atoms with van der Waals surface area (Å²) in [5.74, 6) is 0.506. The van der Waals surface area contributed by atoms with Crippen molar-refractivity contribution in [2.45, 2.75) is 0 Å². The Bertz CT molecular complexity index is 747. The Kier molecular flexibility index (Phi) is 5.76. The fourth-order valence-electron chi connectivity index (χ4n) is 1.90. The van der Waals surface area contributed by atoms with Gasteiger partial charge in [-0.1, -0.05) is 0 Å². The molecule has 0 aliphatic rings. The first-order chi connectivity index (χ1) is 11.0. The minimum Gasteiger partial charge on any atom is -0.493 e. The van der Waals surface area contributed by atoms with Gasteiger partial charge >= 0.3 is 0 Å². The number of carbonyl (C=O) groups excluding carboxylic acids is 1. The van der Waals surface area contributed by atoms with E-state index in [1.165, 1.54) is 38.6 Å². The molecule has 0 saturated heterocycles. The van der Waals surface area contributed by atoms with Crippen LogP contribution in [0.25, 0.3) is 0 Å². The molecule has 2 aromatic rings. The Morgan fingerprint density at radius 1 is 1.13 bits per heavy atom. The van der Waals surface area contributed by atoms with Crippen molar-refractivity contribution >= 4 is 27.4 Å². The van der Waals surface area contributed by atoms with Gasteiger partial charge in [-0.3, -0.25) is 4.79 Å². The number of halogens is 2. The number of rotatable bonds is 6. The smallest absolute Gasteiger partial charge is 0.187 e. The van der Waals surface area contributed by atoms with Gasteiger partial charge in [-0.25, -0.2) is 4.39 Å². The molecule has 4 nitrogen and oxygen atoms in total. The number of hydrogen-bond acceptors (Lipinski definition) is 4. The van der Waals surface area contributed by atoms with Crippen molar-refractivity contribution in [3.05, 3.63) is 64.5 Å². The van der Waals surface area contributed by atoms with Gasteiger partial charge in [0.1, 0.15) is 5.82 Å². The van der Waals surface area contributed by atoms with E-state index in [4.69, 9.17) is 9.47 Å². The molecule has 0 fully saturated rings. The summed E-state index contributed by atoms with van der Waals surface area (Å²) in [6.45, 7) is 0. The van der Waals surface area contributed by atoms with Gasteiger partial charge in [0, 0.05) is 22.3 Å². The second-order valence-corrected chi connectivity index (χ2v) is 5.39. The zero-order chi connectivity index (χ0) is 16.8. The molecule has 0 aliphatic carbocycles. The molecule has 0 unspecified atom stereocenters. The summed E-state index contributed by atoms with van der Waals surface area (Å²) in [5, 5.41) is 2.92. The molecule has 0 radical (unpaired) electrons. The van der Waals surface area contributed by atoms with Crippen LogP contribution in [0.1, 0.15) is 10.4 Å². The topological polar surface area (TPSA) is 47.6 Å². The fraction of sp³-hybridized carbons (Fsp3) is 0.118. The zero-order valence-electron chi connectivity index (χ0n) is 12.6. The van der Waals surface area contributed by atoms with Crippen LogP contribution in [0.3, 0.4) is 0 Å². The van der Waals surface area contributed by atoms with E-state index in [1.54, 1.807) is 24.3 Å². The molecular formula is C17H15BrFNO3. The molecular weight excluding hydrogens is 365 g/mol. The van der Waals surface area contributed by atoms with Gasteiger partial charge in [0.25, 0.3) is 0 Å². The van der Waals surface area contributed by atoms with E-state index in [1.807, 2.05) is 0 Å². The maximum absolute atomic E-state index is 13.0. The van der Waals surface area contributed by atoms with Gasteiger partial charge in [-0.2, -0.15) is 0 Å². The minimum absolute atomic E-state index is 0.198. The maximum atomic E-state index is 13.0. The van der Waals surface area contributed by atoms with E-state index in [0.29, 0.717) is 27.2 Å². The number of hydrogen-bond donors (Lipinski definition) is 1. The van der Waals surface area contributed by atoms with E-state index in [2.05, 4.69) is 21.2 Å². The van der Waals surface area contributed by atoms with Gasteiger partial charge in [0.05, 0.1) is 19.9 Å². The average Bonchev–Trinajstić information content (AvgIpc) is 2.56. The van der Waals surface area contributed by atoms with Crippen LogP contribution in [0, 0.1) is 5.82 Å². The quantitative estimate of drug-likeness (QED) is 0.596. The fourth-order valence-corrected chi connectivity index (χ4v) is 2.36. The Hall–Kier alpha value is -2.34. The number of anilines is 1. The molecule has 120 valence electrons. The SMILES string of the molecule is COc1ccc(C(=O)/C=C/Nc2ccc(F)cc2Br)cc1OC. The summed E-state index contributed by atoms with van der Waals surface area (Å²) < 4.78 is 23.9. The highest BCUT2D eigenvalue weighted by molar-refractivity contribution is 9.10. The standard InChI is InChI=1S/C17H15BrFNO3/c1-22-16-6-3-11(9-17(16)23-2)15(21)7-8-20-14-5-4-12(19)10-13(14)18/h3-10,20H,1-2H3/b8-7+. The molecule has 0 saturated carbocycles. The Labute approximate surface area is 142 Å². The van der Waals surface area contributed by atoms with E-state index in [0.717, 1.165) is 0 Å². The number of carbonyl (C=O) groups is 1. The van der Waals surface area contributed by atoms with Crippen LogP contribution < -0.4 is 14.8 Å². The summed E-state index contributed by atoms with van der Waals surface area (Å²) in [4.78, 5) is 12.1. The van der Waals surface area contributed by atoms with Gasteiger partial charge in [0.2, 0.25) is 0 Å². The van der Waals surface area contributed by atoms with Gasteiger partial charge in [-0.15, -0.1) is 0 Å². The number of allylic oxidation sites excluding steroid dienone is 1. The first-order valence-electron chi connectivity index (χ1n) is 6.69. The molecule has 2 aromatic carbocycles. The van der Waals surface area contributed by atoms with Crippen molar-refractivity contribution in [1.82, 2.24) is 0 Å². The van der Waals surface area contributed by atoms with Crippen molar-refractivity contribution in [2.24, 2.45) is 0 Å². The molecule has 0 amide bonds. The van der Waals surface area contributed by atoms with Gasteiger partial charge in [-0.05, 0) is 52.3 Å². The summed E-state index contributed by atoms with van der Waals surface area (Å²) >= 11 is 3.24. The second-order valence-electron chi connectivity index (χ2n) is 4.54. The molecule has 0 aromatic heterocycles. The number of nitrogens with one attached hydrogen (secondary N) is 1. The normalized spacial score (nSPS) is 10.6. The lowest BCUT2D eigenvalue weighted by Gasteiger charge is -2.08. The molecule has 0 aliphatic heterocycles. The Balaban J connectivity index is 2.09. The third-order valence-electron chi connectivity index (χ3n) is 3.07. The molecule has 0 heterocycles. The highest BCUT2D eigenvalue weighted by Gasteiger charge is 2.08. The molecule has 0 spiro atoms. The summed E-state index contributed by atoms with van der Waals surface area (Å²) in [6, 6.07) is 9.18. The lowest BCUT2D eigenvalue weighted by atomic mass is 10.1. The minimum atomic E-state index is -0.340. The van der Waals surface area contributed by atoms with E-state index in [9.17, 15) is 9.18 Å². The largest absolute Gasteiger partial charge is 0.493 e. The van der Waals surface area contributed by atoms with Crippen LogP contribution >= 0.6 is 15.9 Å². The lowest BCUT2D eigenvalue weighted by molar-refractivity contribution is 0.104. The third-order valence-corrected chi connectivity index (χ3v) is 3.73. The Morgan fingerprint density at radius 2 is 1.87 bits per heavy atom. The third kappa shape index (κ3) is 4.32. The van der Waals surface area contributed by atoms with Crippen molar-refractivity contribution in [3.63, 3.8) is 0 Å². The Morgan fingerprint density at radius 3 is 2.52 bits per heavy atom. The van der Waals surface area contributed by atoms with E-state index < -0.39 is 0 Å². The van der Waals surface area contributed by atoms with Crippen molar-refractivity contribution in [1.29, 1.82) is 0 Å². The van der Waals surface area contributed by atoms with Gasteiger partial charge in [0.15, 0.2) is 17.3 Å². The van der Waals surface area contributed by atoms with Crippen molar-refractivity contribution in [2.75, 3.05) is 19.5 Å². The van der Waals surface area contributed by atoms with Crippen LogP contribution in [0.5, 0.6) is 11.5 Å². The highest BCUT2D eigenvalue weighted by atomic mass is 79.9. The van der Waals surface area contributed by atoms with E-state index in [-0.39, 0.29) is 11.6 Å². The summed E-state index contributed by atoms with van der Waals surface area (Å²) in [5.41, 5.74) is 1.13. The average molecular weight is 380 g/mol. The first-order valence-corrected chi connectivity index (χ1v) is 7.49. The highest BCUT2D eigenvalue weighted by Crippen LogP contribution is 2.28. The molecule has 6 heteroatoms. The summed E-state index contributed by atoms with van der Waals surface area (Å²) in [7, 11) is 3.04. The van der Waals surface area contributed by atoms with Crippen LogP contribution in [-0.2, 0) is 0 Å². The predicted molar refractivity (Wildman–Crippen MR) is 90.7 cm³/mol.